The zero-order valence-corrected chi connectivity index (χ0v) is 6.62. The second-order valence-electron chi connectivity index (χ2n) is 1.61. The molecular weight excluding hydrogens is 164 g/mol. The first kappa shape index (κ1) is 7.93. The van der Waals surface area contributed by atoms with Crippen LogP contribution in [0.1, 0.15) is 5.69 Å². The van der Waals surface area contributed by atoms with Crippen molar-refractivity contribution in [3.05, 3.63) is 11.9 Å². The van der Waals surface area contributed by atoms with Gasteiger partial charge in [0.05, 0.1) is 12.4 Å². The molecule has 0 aliphatic heterocycles. The molecule has 1 heterocycles. The van der Waals surface area contributed by atoms with Crippen LogP contribution >= 0.6 is 11.8 Å². The third-order valence-electron chi connectivity index (χ3n) is 0.931. The summed E-state index contributed by atoms with van der Waals surface area (Å²) in [4.78, 5) is 3.96. The fourth-order valence-corrected chi connectivity index (χ4v) is 0.832. The Balaban J connectivity index is 2.91. The lowest BCUT2D eigenvalue weighted by Crippen LogP contribution is -1.94. The van der Waals surface area contributed by atoms with Gasteiger partial charge in [-0.05, 0) is 6.26 Å². The molecule has 1 aromatic heterocycles. The van der Waals surface area contributed by atoms with E-state index in [1.807, 2.05) is 6.26 Å². The van der Waals surface area contributed by atoms with Crippen LogP contribution in [-0.4, -0.2) is 32.9 Å². The molecule has 0 amide bonds. The average Bonchev–Trinajstić information content (AvgIpc) is 2.06. The Labute approximate surface area is 67.6 Å². The van der Waals surface area contributed by atoms with E-state index in [1.54, 1.807) is 0 Å². The van der Waals surface area contributed by atoms with Gasteiger partial charge < -0.3 is 5.21 Å². The Morgan fingerprint density at radius 1 is 1.73 bits per heavy atom. The number of nitrogens with zero attached hydrogens (tertiary/aromatic N) is 4. The van der Waals surface area contributed by atoms with Crippen LogP contribution in [0.2, 0.25) is 0 Å². The van der Waals surface area contributed by atoms with Crippen LogP contribution in [0.5, 0.6) is 0 Å². The third kappa shape index (κ3) is 2.15. The van der Waals surface area contributed by atoms with Gasteiger partial charge in [0.25, 0.3) is 0 Å². The van der Waals surface area contributed by atoms with E-state index >= 15 is 0 Å². The highest BCUT2D eigenvalue weighted by Gasteiger charge is 1.94. The molecule has 0 aliphatic rings. The van der Waals surface area contributed by atoms with Crippen molar-refractivity contribution in [3.8, 4) is 0 Å². The highest BCUT2D eigenvalue weighted by atomic mass is 32.2. The minimum Gasteiger partial charge on any atom is -0.411 e. The third-order valence-corrected chi connectivity index (χ3v) is 1.47. The maximum atomic E-state index is 8.16. The molecule has 0 bridgehead atoms. The molecule has 0 spiro atoms. The Morgan fingerprint density at radius 2 is 2.55 bits per heavy atom. The molecule has 0 fully saturated rings. The SMILES string of the molecule is CSc1nncc(/C=N/O)n1. The lowest BCUT2D eigenvalue weighted by atomic mass is 10.5. The molecule has 11 heavy (non-hydrogen) atoms. The summed E-state index contributed by atoms with van der Waals surface area (Å²) < 4.78 is 0. The number of hydrogen-bond acceptors (Lipinski definition) is 6. The summed E-state index contributed by atoms with van der Waals surface area (Å²) in [6, 6.07) is 0. The predicted octanol–water partition coefficient (Wildman–Crippen LogP) is 0.402. The van der Waals surface area contributed by atoms with Crippen molar-refractivity contribution in [2.75, 3.05) is 6.26 Å². The van der Waals surface area contributed by atoms with Crippen LogP contribution in [0.25, 0.3) is 0 Å². The topological polar surface area (TPSA) is 71.3 Å². The van der Waals surface area contributed by atoms with E-state index in [2.05, 4.69) is 20.3 Å². The van der Waals surface area contributed by atoms with Gasteiger partial charge in [-0.25, -0.2) is 4.98 Å². The zero-order valence-electron chi connectivity index (χ0n) is 5.80. The molecule has 0 unspecified atom stereocenters. The first-order valence-corrected chi connectivity index (χ1v) is 4.00. The van der Waals surface area contributed by atoms with E-state index in [0.29, 0.717) is 10.9 Å². The quantitative estimate of drug-likeness (QED) is 0.301. The maximum Gasteiger partial charge on any atom is 0.209 e. The van der Waals surface area contributed by atoms with Crippen molar-refractivity contribution < 1.29 is 5.21 Å². The van der Waals surface area contributed by atoms with Crippen molar-refractivity contribution in [2.45, 2.75) is 5.16 Å². The Morgan fingerprint density at radius 3 is 3.18 bits per heavy atom. The van der Waals surface area contributed by atoms with Crippen molar-refractivity contribution in [3.63, 3.8) is 0 Å². The highest BCUT2D eigenvalue weighted by molar-refractivity contribution is 7.98. The van der Waals surface area contributed by atoms with Crippen molar-refractivity contribution in [1.82, 2.24) is 15.2 Å². The second kappa shape index (κ2) is 3.87. The minimum absolute atomic E-state index is 0.492. The summed E-state index contributed by atoms with van der Waals surface area (Å²) in [7, 11) is 0. The molecule has 0 aliphatic carbocycles. The van der Waals surface area contributed by atoms with E-state index in [1.165, 1.54) is 24.2 Å². The molecule has 1 rings (SSSR count). The lowest BCUT2D eigenvalue weighted by Gasteiger charge is -1.92. The van der Waals surface area contributed by atoms with E-state index in [-0.39, 0.29) is 0 Å². The summed E-state index contributed by atoms with van der Waals surface area (Å²) in [5.41, 5.74) is 0.492. The van der Waals surface area contributed by atoms with Crippen LogP contribution in [0, 0.1) is 0 Å². The lowest BCUT2D eigenvalue weighted by molar-refractivity contribution is 0.321. The zero-order chi connectivity index (χ0) is 8.10. The monoisotopic (exact) mass is 170 g/mol. The van der Waals surface area contributed by atoms with Crippen LogP contribution in [0.15, 0.2) is 16.5 Å². The van der Waals surface area contributed by atoms with Gasteiger partial charge in [-0.1, -0.05) is 16.9 Å². The van der Waals surface area contributed by atoms with E-state index in [9.17, 15) is 0 Å². The molecule has 1 N–H and O–H groups in total. The van der Waals surface area contributed by atoms with Gasteiger partial charge in [0.15, 0.2) is 0 Å². The van der Waals surface area contributed by atoms with Gasteiger partial charge in [-0.2, -0.15) is 5.10 Å². The van der Waals surface area contributed by atoms with E-state index in [4.69, 9.17) is 5.21 Å². The first-order valence-electron chi connectivity index (χ1n) is 2.78. The summed E-state index contributed by atoms with van der Waals surface area (Å²) in [5, 5.41) is 18.9. The molecule has 5 nitrogen and oxygen atoms in total. The number of aromatic nitrogens is 3. The predicted molar refractivity (Wildman–Crippen MR) is 41.0 cm³/mol. The maximum absolute atomic E-state index is 8.16. The number of rotatable bonds is 2. The van der Waals surface area contributed by atoms with Gasteiger partial charge in [0, 0.05) is 0 Å². The van der Waals surface area contributed by atoms with Crippen LogP contribution in [0.3, 0.4) is 0 Å². The molecule has 1 aromatic rings. The second-order valence-corrected chi connectivity index (χ2v) is 2.39. The van der Waals surface area contributed by atoms with Gasteiger partial charge in [0.1, 0.15) is 5.69 Å². The largest absolute Gasteiger partial charge is 0.411 e. The first-order chi connectivity index (χ1) is 5.36. The molecule has 58 valence electrons. The van der Waals surface area contributed by atoms with Gasteiger partial charge in [0.2, 0.25) is 5.16 Å². The molecule has 0 atom stereocenters. The standard InChI is InChI=1S/C5H6N4OS/c1-11-5-8-4(3-7-10)2-6-9-5/h2-3,10H,1H3/b7-3+. The van der Waals surface area contributed by atoms with Crippen LogP contribution < -0.4 is 0 Å². The smallest absolute Gasteiger partial charge is 0.209 e. The molecule has 0 aromatic carbocycles. The number of hydrogen-bond donors (Lipinski definition) is 1. The van der Waals surface area contributed by atoms with Crippen LogP contribution in [-0.2, 0) is 0 Å². The summed E-state index contributed by atoms with van der Waals surface area (Å²) >= 11 is 1.38. The normalized spacial score (nSPS) is 10.6. The van der Waals surface area contributed by atoms with Gasteiger partial charge in [-0.3, -0.25) is 0 Å². The number of oxime groups is 1. The average molecular weight is 170 g/mol. The molecule has 0 saturated heterocycles. The van der Waals surface area contributed by atoms with Crippen LogP contribution in [0.4, 0.5) is 0 Å². The Bertz CT molecular complexity index is 264. The molecule has 6 heteroatoms. The van der Waals surface area contributed by atoms with Crippen molar-refractivity contribution in [1.29, 1.82) is 0 Å². The number of thioether (sulfide) groups is 1. The highest BCUT2D eigenvalue weighted by Crippen LogP contribution is 2.04. The minimum atomic E-state index is 0.492. The molecule has 0 radical (unpaired) electrons. The Kier molecular flexibility index (Phi) is 2.79. The summed E-state index contributed by atoms with van der Waals surface area (Å²) in [5.74, 6) is 0. The van der Waals surface area contributed by atoms with Gasteiger partial charge in [-0.15, -0.1) is 5.10 Å². The Hall–Kier alpha value is -1.17. The summed E-state index contributed by atoms with van der Waals surface area (Å²) in [6.07, 6.45) is 4.46. The fourth-order valence-electron chi connectivity index (χ4n) is 0.507. The molecule has 0 saturated carbocycles. The fraction of sp³-hybridized carbons (Fsp3) is 0.200. The van der Waals surface area contributed by atoms with Crippen molar-refractivity contribution in [2.24, 2.45) is 5.16 Å². The molecular formula is C5H6N4OS. The van der Waals surface area contributed by atoms with E-state index in [0.717, 1.165) is 0 Å². The van der Waals surface area contributed by atoms with Crippen molar-refractivity contribution >= 4 is 18.0 Å². The van der Waals surface area contributed by atoms with E-state index < -0.39 is 0 Å². The van der Waals surface area contributed by atoms with Gasteiger partial charge >= 0.3 is 0 Å². The summed E-state index contributed by atoms with van der Waals surface area (Å²) in [6.45, 7) is 0.